The van der Waals surface area contributed by atoms with E-state index in [9.17, 15) is 4.79 Å². The molecule has 1 fully saturated rings. The Morgan fingerprint density at radius 3 is 2.38 bits per heavy atom. The molecule has 2 aromatic heterocycles. The molecule has 8 heteroatoms. The van der Waals surface area contributed by atoms with E-state index in [0.29, 0.717) is 43.6 Å². The zero-order valence-corrected chi connectivity index (χ0v) is 19.2. The summed E-state index contributed by atoms with van der Waals surface area (Å²) in [6.07, 6.45) is 0. The Hall–Kier alpha value is -4.20. The normalized spacial score (nSPS) is 13.7. The molecule has 1 saturated heterocycles. The molecule has 1 aliphatic heterocycles. The van der Waals surface area contributed by atoms with Crippen LogP contribution < -0.4 is 10.2 Å². The summed E-state index contributed by atoms with van der Waals surface area (Å²) in [6.45, 7) is 6.42. The maximum Gasteiger partial charge on any atom is 0.276 e. The van der Waals surface area contributed by atoms with Crippen LogP contribution in [0.4, 0.5) is 17.5 Å². The Morgan fingerprint density at radius 2 is 1.65 bits per heavy atom. The summed E-state index contributed by atoms with van der Waals surface area (Å²) in [5, 5.41) is 7.36. The van der Waals surface area contributed by atoms with Crippen LogP contribution in [0.1, 0.15) is 21.7 Å². The van der Waals surface area contributed by atoms with Crippen molar-refractivity contribution < 1.29 is 9.32 Å². The zero-order chi connectivity index (χ0) is 23.5. The van der Waals surface area contributed by atoms with Gasteiger partial charge in [-0.3, -0.25) is 4.79 Å². The number of hydrogen-bond acceptors (Lipinski definition) is 7. The summed E-state index contributed by atoms with van der Waals surface area (Å²) in [5.74, 6) is 1.87. The second-order valence-electron chi connectivity index (χ2n) is 8.41. The first-order valence-corrected chi connectivity index (χ1v) is 11.3. The van der Waals surface area contributed by atoms with E-state index in [2.05, 4.69) is 39.4 Å². The van der Waals surface area contributed by atoms with Crippen LogP contribution in [0.3, 0.4) is 0 Å². The van der Waals surface area contributed by atoms with Crippen LogP contribution in [-0.2, 0) is 0 Å². The second-order valence-corrected chi connectivity index (χ2v) is 8.41. The van der Waals surface area contributed by atoms with Crippen molar-refractivity contribution in [2.24, 2.45) is 0 Å². The SMILES string of the molecule is Cc1ccc(Nc2cc(C)nc(N3CCN(C(=O)c4cc(-c5ccccc5)on4)CC3)n2)cc1. The van der Waals surface area contributed by atoms with Crippen LogP contribution in [0.5, 0.6) is 0 Å². The fourth-order valence-corrected chi connectivity index (χ4v) is 3.93. The quantitative estimate of drug-likeness (QED) is 0.476. The van der Waals surface area contributed by atoms with Gasteiger partial charge in [0.25, 0.3) is 5.91 Å². The van der Waals surface area contributed by atoms with Crippen LogP contribution in [0.2, 0.25) is 0 Å². The van der Waals surface area contributed by atoms with E-state index in [1.807, 2.05) is 55.5 Å². The van der Waals surface area contributed by atoms with E-state index >= 15 is 0 Å². The number of nitrogens with one attached hydrogen (secondary N) is 1. The smallest absolute Gasteiger partial charge is 0.276 e. The topological polar surface area (TPSA) is 87.4 Å². The molecule has 172 valence electrons. The maximum absolute atomic E-state index is 13.0. The summed E-state index contributed by atoms with van der Waals surface area (Å²) in [6, 6.07) is 21.5. The summed E-state index contributed by atoms with van der Waals surface area (Å²) >= 11 is 0. The third-order valence-electron chi connectivity index (χ3n) is 5.80. The summed E-state index contributed by atoms with van der Waals surface area (Å²) < 4.78 is 5.40. The van der Waals surface area contributed by atoms with E-state index in [1.165, 1.54) is 5.56 Å². The lowest BCUT2D eigenvalue weighted by atomic mass is 10.1. The number of amides is 1. The lowest BCUT2D eigenvalue weighted by Gasteiger charge is -2.34. The Balaban J connectivity index is 1.24. The molecule has 0 unspecified atom stereocenters. The number of carbonyl (C=O) groups is 1. The van der Waals surface area contributed by atoms with Crippen molar-refractivity contribution in [1.29, 1.82) is 0 Å². The number of aryl methyl sites for hydroxylation is 2. The molecule has 1 aliphatic rings. The minimum absolute atomic E-state index is 0.127. The molecule has 0 radical (unpaired) electrons. The highest BCUT2D eigenvalue weighted by Gasteiger charge is 2.26. The van der Waals surface area contributed by atoms with Crippen LogP contribution in [0.25, 0.3) is 11.3 Å². The standard InChI is InChI=1S/C26H26N6O2/c1-18-8-10-21(11-9-18)28-24-16-19(2)27-26(29-24)32-14-12-31(13-15-32)25(33)22-17-23(34-30-22)20-6-4-3-5-7-20/h3-11,16-17H,12-15H2,1-2H3,(H,27,28,29). The fraction of sp³-hybridized carbons (Fsp3) is 0.231. The van der Waals surface area contributed by atoms with Gasteiger partial charge < -0.3 is 19.6 Å². The number of rotatable bonds is 5. The lowest BCUT2D eigenvalue weighted by Crippen LogP contribution is -2.49. The molecule has 1 N–H and O–H groups in total. The fourth-order valence-electron chi connectivity index (χ4n) is 3.93. The van der Waals surface area contributed by atoms with Crippen molar-refractivity contribution in [3.8, 4) is 11.3 Å². The van der Waals surface area contributed by atoms with Crippen LogP contribution >= 0.6 is 0 Å². The van der Waals surface area contributed by atoms with E-state index in [-0.39, 0.29) is 5.91 Å². The monoisotopic (exact) mass is 454 g/mol. The van der Waals surface area contributed by atoms with E-state index < -0.39 is 0 Å². The summed E-state index contributed by atoms with van der Waals surface area (Å²) in [4.78, 5) is 26.2. The van der Waals surface area contributed by atoms with Gasteiger partial charge in [-0.1, -0.05) is 53.2 Å². The first-order chi connectivity index (χ1) is 16.5. The Kier molecular flexibility index (Phi) is 5.95. The maximum atomic E-state index is 13.0. The van der Waals surface area contributed by atoms with Gasteiger partial charge >= 0.3 is 0 Å². The van der Waals surface area contributed by atoms with Crippen LogP contribution in [-0.4, -0.2) is 52.1 Å². The number of piperazine rings is 1. The van der Waals surface area contributed by atoms with Crippen LogP contribution in [0, 0.1) is 13.8 Å². The Labute approximate surface area is 198 Å². The molecule has 3 heterocycles. The van der Waals surface area contributed by atoms with Crippen molar-refractivity contribution in [2.45, 2.75) is 13.8 Å². The molecule has 4 aromatic rings. The van der Waals surface area contributed by atoms with Crippen LogP contribution in [0.15, 0.2) is 71.3 Å². The number of anilines is 3. The van der Waals surface area contributed by atoms with Crippen molar-refractivity contribution in [3.05, 3.63) is 83.7 Å². The Bertz CT molecular complexity index is 1280. The molecule has 0 saturated carbocycles. The van der Waals surface area contributed by atoms with E-state index in [4.69, 9.17) is 9.51 Å². The highest BCUT2D eigenvalue weighted by molar-refractivity contribution is 5.93. The average Bonchev–Trinajstić information content (AvgIpc) is 3.36. The predicted octanol–water partition coefficient (Wildman–Crippen LogP) is 4.45. The molecule has 0 atom stereocenters. The van der Waals surface area contributed by atoms with Gasteiger partial charge in [-0.25, -0.2) is 4.98 Å². The lowest BCUT2D eigenvalue weighted by molar-refractivity contribution is 0.0736. The molecule has 34 heavy (non-hydrogen) atoms. The van der Waals surface area contributed by atoms with Crippen molar-refractivity contribution in [2.75, 3.05) is 36.4 Å². The van der Waals surface area contributed by atoms with Crippen molar-refractivity contribution >= 4 is 23.4 Å². The molecule has 2 aromatic carbocycles. The highest BCUT2D eigenvalue weighted by Crippen LogP contribution is 2.22. The van der Waals surface area contributed by atoms with Gasteiger partial charge in [0.15, 0.2) is 11.5 Å². The number of carbonyl (C=O) groups excluding carboxylic acids is 1. The number of nitrogens with zero attached hydrogens (tertiary/aromatic N) is 5. The van der Waals surface area contributed by atoms with E-state index in [1.54, 1.807) is 11.0 Å². The van der Waals surface area contributed by atoms with Gasteiger partial charge in [-0.05, 0) is 26.0 Å². The third kappa shape index (κ3) is 4.76. The zero-order valence-electron chi connectivity index (χ0n) is 19.2. The molecule has 1 amide bonds. The van der Waals surface area contributed by atoms with Crippen molar-refractivity contribution in [1.82, 2.24) is 20.0 Å². The van der Waals surface area contributed by atoms with Gasteiger partial charge in [-0.2, -0.15) is 4.98 Å². The predicted molar refractivity (Wildman–Crippen MR) is 131 cm³/mol. The third-order valence-corrected chi connectivity index (χ3v) is 5.80. The molecule has 0 aliphatic carbocycles. The number of hydrogen-bond donors (Lipinski definition) is 1. The second kappa shape index (κ2) is 9.35. The molecule has 0 bridgehead atoms. The average molecular weight is 455 g/mol. The molecule has 0 spiro atoms. The largest absolute Gasteiger partial charge is 0.355 e. The Morgan fingerprint density at radius 1 is 0.912 bits per heavy atom. The van der Waals surface area contributed by atoms with Gasteiger partial charge in [0.2, 0.25) is 5.95 Å². The minimum atomic E-state index is -0.127. The number of benzene rings is 2. The highest BCUT2D eigenvalue weighted by atomic mass is 16.5. The summed E-state index contributed by atoms with van der Waals surface area (Å²) in [5.41, 5.74) is 4.29. The number of aromatic nitrogens is 3. The molecular weight excluding hydrogens is 428 g/mol. The van der Waals surface area contributed by atoms with Crippen molar-refractivity contribution in [3.63, 3.8) is 0 Å². The molecule has 5 rings (SSSR count). The summed E-state index contributed by atoms with van der Waals surface area (Å²) in [7, 11) is 0. The minimum Gasteiger partial charge on any atom is -0.355 e. The molecular formula is C26H26N6O2. The van der Waals surface area contributed by atoms with Gasteiger partial charge in [0, 0.05) is 55.3 Å². The first kappa shape index (κ1) is 21.6. The molecule has 8 nitrogen and oxygen atoms in total. The van der Waals surface area contributed by atoms with Gasteiger partial charge in [-0.15, -0.1) is 0 Å². The van der Waals surface area contributed by atoms with E-state index in [0.717, 1.165) is 22.8 Å². The first-order valence-electron chi connectivity index (χ1n) is 11.3. The van der Waals surface area contributed by atoms with Gasteiger partial charge in [0.1, 0.15) is 5.82 Å². The van der Waals surface area contributed by atoms with Gasteiger partial charge in [0.05, 0.1) is 0 Å².